The summed E-state index contributed by atoms with van der Waals surface area (Å²) in [4.78, 5) is 26.8. The summed E-state index contributed by atoms with van der Waals surface area (Å²) in [5.41, 5.74) is 3.18. The fraction of sp³-hybridized carbons (Fsp3) is 0.579. The SMILES string of the molecule is CCc1cc(C(=O)NCc2cc3n(n2)CCCN(C(=O)C2CCC2)C3)n[nH]1. The second-order valence-corrected chi connectivity index (χ2v) is 7.41. The van der Waals surface area contributed by atoms with E-state index < -0.39 is 0 Å². The lowest BCUT2D eigenvalue weighted by Crippen LogP contribution is -2.38. The van der Waals surface area contributed by atoms with Crippen molar-refractivity contribution in [2.45, 2.75) is 58.7 Å². The number of carbonyl (C=O) groups is 2. The first kappa shape index (κ1) is 17.8. The molecule has 27 heavy (non-hydrogen) atoms. The maximum absolute atomic E-state index is 12.6. The summed E-state index contributed by atoms with van der Waals surface area (Å²) in [6, 6.07) is 3.76. The third-order valence-electron chi connectivity index (χ3n) is 5.51. The number of carbonyl (C=O) groups excluding carboxylic acids is 2. The minimum atomic E-state index is -0.212. The molecule has 2 amide bonds. The lowest BCUT2D eigenvalue weighted by molar-refractivity contribution is -0.138. The van der Waals surface area contributed by atoms with Crippen LogP contribution >= 0.6 is 0 Å². The van der Waals surface area contributed by atoms with Gasteiger partial charge in [0.1, 0.15) is 5.69 Å². The molecule has 8 nitrogen and oxygen atoms in total. The summed E-state index contributed by atoms with van der Waals surface area (Å²) in [5.74, 6) is 0.298. The first-order chi connectivity index (χ1) is 13.1. The van der Waals surface area contributed by atoms with Crippen LogP contribution in [-0.2, 0) is 30.8 Å². The molecule has 1 fully saturated rings. The van der Waals surface area contributed by atoms with Crippen molar-refractivity contribution in [3.8, 4) is 0 Å². The van der Waals surface area contributed by atoms with Gasteiger partial charge in [-0.25, -0.2) is 0 Å². The predicted molar refractivity (Wildman–Crippen MR) is 98.7 cm³/mol. The third-order valence-corrected chi connectivity index (χ3v) is 5.51. The molecule has 4 rings (SSSR count). The van der Waals surface area contributed by atoms with Crippen LogP contribution in [0.5, 0.6) is 0 Å². The summed E-state index contributed by atoms with van der Waals surface area (Å²) >= 11 is 0. The Morgan fingerprint density at radius 3 is 2.81 bits per heavy atom. The second kappa shape index (κ2) is 7.54. The van der Waals surface area contributed by atoms with E-state index in [2.05, 4.69) is 20.6 Å². The van der Waals surface area contributed by atoms with Crippen molar-refractivity contribution < 1.29 is 9.59 Å². The maximum atomic E-state index is 12.6. The molecule has 0 aromatic carbocycles. The average molecular weight is 370 g/mol. The molecule has 1 saturated carbocycles. The van der Waals surface area contributed by atoms with Crippen molar-refractivity contribution in [3.63, 3.8) is 0 Å². The molecule has 0 bridgehead atoms. The minimum Gasteiger partial charge on any atom is -0.345 e. The van der Waals surface area contributed by atoms with Gasteiger partial charge in [0.2, 0.25) is 5.91 Å². The molecule has 3 heterocycles. The van der Waals surface area contributed by atoms with Crippen molar-refractivity contribution in [1.82, 2.24) is 30.2 Å². The summed E-state index contributed by atoms with van der Waals surface area (Å²) in [5, 5.41) is 14.4. The molecule has 2 N–H and O–H groups in total. The largest absolute Gasteiger partial charge is 0.345 e. The number of aryl methyl sites for hydroxylation is 2. The molecule has 0 atom stereocenters. The molecule has 0 spiro atoms. The number of fused-ring (bicyclic) bond motifs is 1. The van der Waals surface area contributed by atoms with E-state index in [9.17, 15) is 9.59 Å². The van der Waals surface area contributed by atoms with E-state index in [0.717, 1.165) is 55.9 Å². The quantitative estimate of drug-likeness (QED) is 0.836. The van der Waals surface area contributed by atoms with E-state index in [1.54, 1.807) is 6.07 Å². The fourth-order valence-corrected chi connectivity index (χ4v) is 3.63. The lowest BCUT2D eigenvalue weighted by atomic mass is 9.84. The van der Waals surface area contributed by atoms with Gasteiger partial charge < -0.3 is 10.2 Å². The molecule has 1 aliphatic carbocycles. The van der Waals surface area contributed by atoms with Crippen molar-refractivity contribution in [2.75, 3.05) is 6.54 Å². The summed E-state index contributed by atoms with van der Waals surface area (Å²) < 4.78 is 1.97. The number of hydrogen-bond donors (Lipinski definition) is 2. The van der Waals surface area contributed by atoms with Crippen LogP contribution in [0.3, 0.4) is 0 Å². The van der Waals surface area contributed by atoms with E-state index in [1.807, 2.05) is 22.6 Å². The monoisotopic (exact) mass is 370 g/mol. The van der Waals surface area contributed by atoms with Gasteiger partial charge in [-0.05, 0) is 37.8 Å². The van der Waals surface area contributed by atoms with Crippen LogP contribution in [0.4, 0.5) is 0 Å². The number of nitrogens with zero attached hydrogens (tertiary/aromatic N) is 4. The molecule has 8 heteroatoms. The van der Waals surface area contributed by atoms with Gasteiger partial charge in [0, 0.05) is 24.7 Å². The number of H-pyrrole nitrogens is 1. The van der Waals surface area contributed by atoms with Crippen LogP contribution in [0.15, 0.2) is 12.1 Å². The van der Waals surface area contributed by atoms with Gasteiger partial charge in [-0.15, -0.1) is 0 Å². The van der Waals surface area contributed by atoms with Crippen molar-refractivity contribution in [3.05, 3.63) is 34.9 Å². The Morgan fingerprint density at radius 1 is 1.26 bits per heavy atom. The molecular weight excluding hydrogens is 344 g/mol. The standard InChI is InChI=1S/C19H26N6O2/c1-2-14-10-17(22-21-14)18(26)20-11-15-9-16-12-24(7-4-8-25(16)23-15)19(27)13-5-3-6-13/h9-10,13H,2-8,11-12H2,1H3,(H,20,26)(H,21,22). The van der Waals surface area contributed by atoms with Gasteiger partial charge >= 0.3 is 0 Å². The van der Waals surface area contributed by atoms with E-state index in [4.69, 9.17) is 0 Å². The van der Waals surface area contributed by atoms with E-state index >= 15 is 0 Å². The molecular formula is C19H26N6O2. The summed E-state index contributed by atoms with van der Waals surface area (Å²) in [7, 11) is 0. The zero-order valence-electron chi connectivity index (χ0n) is 15.7. The topological polar surface area (TPSA) is 95.9 Å². The number of aromatic amines is 1. The minimum absolute atomic E-state index is 0.212. The van der Waals surface area contributed by atoms with Gasteiger partial charge in [0.15, 0.2) is 0 Å². The first-order valence-corrected chi connectivity index (χ1v) is 9.81. The van der Waals surface area contributed by atoms with E-state index in [-0.39, 0.29) is 17.7 Å². The summed E-state index contributed by atoms with van der Waals surface area (Å²) in [6.45, 7) is 4.56. The van der Waals surface area contributed by atoms with E-state index in [1.165, 1.54) is 6.42 Å². The Bertz CT molecular complexity index is 835. The third kappa shape index (κ3) is 3.74. The van der Waals surface area contributed by atoms with E-state index in [0.29, 0.717) is 18.8 Å². The number of aromatic nitrogens is 4. The van der Waals surface area contributed by atoms with Crippen LogP contribution in [0.25, 0.3) is 0 Å². The van der Waals surface area contributed by atoms with Crippen LogP contribution < -0.4 is 5.32 Å². The Morgan fingerprint density at radius 2 is 2.11 bits per heavy atom. The highest BCUT2D eigenvalue weighted by molar-refractivity contribution is 5.92. The normalized spacial score (nSPS) is 17.1. The second-order valence-electron chi connectivity index (χ2n) is 7.41. The van der Waals surface area contributed by atoms with Gasteiger partial charge in [-0.2, -0.15) is 10.2 Å². The Balaban J connectivity index is 1.38. The molecule has 2 aliphatic rings. The van der Waals surface area contributed by atoms with Crippen molar-refractivity contribution >= 4 is 11.8 Å². The Kier molecular flexibility index (Phi) is 4.96. The number of nitrogens with one attached hydrogen (secondary N) is 2. The number of rotatable bonds is 5. The molecule has 2 aromatic heterocycles. The summed E-state index contributed by atoms with van der Waals surface area (Å²) in [6.07, 6.45) is 4.94. The Hall–Kier alpha value is -2.64. The highest BCUT2D eigenvalue weighted by Gasteiger charge is 2.30. The molecule has 0 unspecified atom stereocenters. The van der Waals surface area contributed by atoms with Gasteiger partial charge in [0.05, 0.1) is 24.5 Å². The number of amides is 2. The van der Waals surface area contributed by atoms with Gasteiger partial charge in [0.25, 0.3) is 5.91 Å². The molecule has 1 aliphatic heterocycles. The zero-order valence-corrected chi connectivity index (χ0v) is 15.7. The highest BCUT2D eigenvalue weighted by Crippen LogP contribution is 2.29. The number of hydrogen-bond acceptors (Lipinski definition) is 4. The molecule has 0 radical (unpaired) electrons. The van der Waals surface area contributed by atoms with Crippen LogP contribution in [-0.4, -0.2) is 43.2 Å². The zero-order chi connectivity index (χ0) is 18.8. The maximum Gasteiger partial charge on any atom is 0.272 e. The fourth-order valence-electron chi connectivity index (χ4n) is 3.63. The molecule has 2 aromatic rings. The smallest absolute Gasteiger partial charge is 0.272 e. The Labute approximate surface area is 158 Å². The molecule has 0 saturated heterocycles. The van der Waals surface area contributed by atoms with Crippen molar-refractivity contribution in [1.29, 1.82) is 0 Å². The first-order valence-electron chi connectivity index (χ1n) is 9.81. The predicted octanol–water partition coefficient (Wildman–Crippen LogP) is 1.63. The molecule has 144 valence electrons. The van der Waals surface area contributed by atoms with Crippen LogP contribution in [0.2, 0.25) is 0 Å². The lowest BCUT2D eigenvalue weighted by Gasteiger charge is -2.30. The van der Waals surface area contributed by atoms with Gasteiger partial charge in [-0.3, -0.25) is 19.4 Å². The van der Waals surface area contributed by atoms with Crippen molar-refractivity contribution in [2.24, 2.45) is 5.92 Å². The van der Waals surface area contributed by atoms with Gasteiger partial charge in [-0.1, -0.05) is 13.3 Å². The average Bonchev–Trinajstić information content (AvgIpc) is 3.20. The highest BCUT2D eigenvalue weighted by atomic mass is 16.2. The van der Waals surface area contributed by atoms with Crippen LogP contribution in [0, 0.1) is 5.92 Å². The van der Waals surface area contributed by atoms with Crippen LogP contribution in [0.1, 0.15) is 60.2 Å².